The summed E-state index contributed by atoms with van der Waals surface area (Å²) in [5.74, 6) is 1.73. The molecule has 0 aromatic heterocycles. The number of aliphatic hydroxyl groups excluding tert-OH is 1. The zero-order chi connectivity index (χ0) is 12.2. The van der Waals surface area contributed by atoms with Gasteiger partial charge in [0, 0.05) is 6.54 Å². The van der Waals surface area contributed by atoms with Crippen molar-refractivity contribution in [1.29, 1.82) is 0 Å². The van der Waals surface area contributed by atoms with Crippen molar-refractivity contribution >= 4 is 0 Å². The molecule has 1 rings (SSSR count). The zero-order valence-corrected chi connectivity index (χ0v) is 11.4. The molecule has 1 saturated carbocycles. The van der Waals surface area contributed by atoms with Crippen molar-refractivity contribution in [2.24, 2.45) is 17.3 Å². The van der Waals surface area contributed by atoms with E-state index in [1.807, 2.05) is 0 Å². The molecular formula is C14H29NO. The van der Waals surface area contributed by atoms with Crippen LogP contribution >= 0.6 is 0 Å². The second-order valence-electron chi connectivity index (χ2n) is 6.68. The number of aliphatic hydroxyl groups is 1. The smallest absolute Gasteiger partial charge is 0.0712 e. The maximum absolute atomic E-state index is 9.90. The zero-order valence-electron chi connectivity index (χ0n) is 11.4. The van der Waals surface area contributed by atoms with E-state index in [0.717, 1.165) is 24.9 Å². The summed E-state index contributed by atoms with van der Waals surface area (Å²) in [6.07, 6.45) is 5.27. The van der Waals surface area contributed by atoms with Gasteiger partial charge in [-0.2, -0.15) is 0 Å². The first-order valence-corrected chi connectivity index (χ1v) is 6.78. The summed E-state index contributed by atoms with van der Waals surface area (Å²) in [4.78, 5) is 0. The molecule has 2 nitrogen and oxygen atoms in total. The van der Waals surface area contributed by atoms with E-state index in [-0.39, 0.29) is 11.5 Å². The van der Waals surface area contributed by atoms with Crippen LogP contribution in [0, 0.1) is 17.3 Å². The highest BCUT2D eigenvalue weighted by atomic mass is 16.3. The Morgan fingerprint density at radius 1 is 1.31 bits per heavy atom. The molecule has 0 aromatic carbocycles. The highest BCUT2D eigenvalue weighted by Crippen LogP contribution is 2.28. The first-order chi connectivity index (χ1) is 7.39. The van der Waals surface area contributed by atoms with Crippen LogP contribution in [-0.2, 0) is 0 Å². The molecular weight excluding hydrogens is 198 g/mol. The van der Waals surface area contributed by atoms with E-state index in [4.69, 9.17) is 0 Å². The van der Waals surface area contributed by atoms with Crippen molar-refractivity contribution < 1.29 is 5.11 Å². The van der Waals surface area contributed by atoms with E-state index < -0.39 is 0 Å². The van der Waals surface area contributed by atoms with E-state index in [2.05, 4.69) is 33.0 Å². The average Bonchev–Trinajstić information content (AvgIpc) is 2.16. The standard InChI is InChI=1S/C14H29NO/c1-11-6-5-7-12(8-11)9-15-10-13(16)14(2,3)4/h11-13,15-16H,5-10H2,1-4H3. The second-order valence-corrected chi connectivity index (χ2v) is 6.68. The fourth-order valence-electron chi connectivity index (χ4n) is 2.48. The van der Waals surface area contributed by atoms with Crippen LogP contribution in [0.1, 0.15) is 53.4 Å². The maximum atomic E-state index is 9.90. The fourth-order valence-corrected chi connectivity index (χ4v) is 2.48. The molecule has 0 aliphatic heterocycles. The summed E-state index contributed by atoms with van der Waals surface area (Å²) < 4.78 is 0. The molecule has 0 spiro atoms. The molecule has 2 heteroatoms. The molecule has 0 saturated heterocycles. The quantitative estimate of drug-likeness (QED) is 0.774. The van der Waals surface area contributed by atoms with Crippen LogP contribution in [0.3, 0.4) is 0 Å². The van der Waals surface area contributed by atoms with E-state index in [0.29, 0.717) is 0 Å². The Labute approximate surface area is 101 Å². The van der Waals surface area contributed by atoms with Crippen LogP contribution in [-0.4, -0.2) is 24.3 Å². The minimum atomic E-state index is -0.242. The third-order valence-electron chi connectivity index (χ3n) is 3.82. The van der Waals surface area contributed by atoms with Gasteiger partial charge < -0.3 is 10.4 Å². The van der Waals surface area contributed by atoms with Crippen LogP contribution in [0.15, 0.2) is 0 Å². The predicted octanol–water partition coefficient (Wildman–Crippen LogP) is 2.81. The Kier molecular flexibility index (Phi) is 5.26. The van der Waals surface area contributed by atoms with E-state index in [9.17, 15) is 5.11 Å². The molecule has 2 N–H and O–H groups in total. The van der Waals surface area contributed by atoms with Gasteiger partial charge in [-0.25, -0.2) is 0 Å². The van der Waals surface area contributed by atoms with Crippen LogP contribution in [0.2, 0.25) is 0 Å². The Morgan fingerprint density at radius 2 is 2.00 bits per heavy atom. The number of hydrogen-bond acceptors (Lipinski definition) is 2. The summed E-state index contributed by atoms with van der Waals surface area (Å²) in [6.45, 7) is 10.4. The average molecular weight is 227 g/mol. The van der Waals surface area contributed by atoms with Crippen LogP contribution in [0.5, 0.6) is 0 Å². The maximum Gasteiger partial charge on any atom is 0.0712 e. The molecule has 0 amide bonds. The Morgan fingerprint density at radius 3 is 2.56 bits per heavy atom. The minimum Gasteiger partial charge on any atom is -0.391 e. The van der Waals surface area contributed by atoms with E-state index in [1.165, 1.54) is 25.7 Å². The first-order valence-electron chi connectivity index (χ1n) is 6.78. The van der Waals surface area contributed by atoms with Crippen LogP contribution in [0.25, 0.3) is 0 Å². The third-order valence-corrected chi connectivity index (χ3v) is 3.82. The summed E-state index contributed by atoms with van der Waals surface area (Å²) in [7, 11) is 0. The summed E-state index contributed by atoms with van der Waals surface area (Å²) >= 11 is 0. The van der Waals surface area contributed by atoms with E-state index in [1.54, 1.807) is 0 Å². The summed E-state index contributed by atoms with van der Waals surface area (Å²) in [5, 5.41) is 13.3. The van der Waals surface area contributed by atoms with Gasteiger partial charge in [0.15, 0.2) is 0 Å². The lowest BCUT2D eigenvalue weighted by Crippen LogP contribution is -2.38. The van der Waals surface area contributed by atoms with E-state index >= 15 is 0 Å². The molecule has 0 aromatic rings. The van der Waals surface area contributed by atoms with Gasteiger partial charge in [-0.1, -0.05) is 40.5 Å². The van der Waals surface area contributed by atoms with Crippen molar-refractivity contribution in [2.75, 3.05) is 13.1 Å². The minimum absolute atomic E-state index is 0.00709. The van der Waals surface area contributed by atoms with Gasteiger partial charge in [-0.15, -0.1) is 0 Å². The molecule has 3 atom stereocenters. The summed E-state index contributed by atoms with van der Waals surface area (Å²) in [6, 6.07) is 0. The molecule has 16 heavy (non-hydrogen) atoms. The van der Waals surface area contributed by atoms with Gasteiger partial charge >= 0.3 is 0 Å². The molecule has 0 heterocycles. The Hall–Kier alpha value is -0.0800. The fraction of sp³-hybridized carbons (Fsp3) is 1.00. The normalized spacial score (nSPS) is 29.1. The van der Waals surface area contributed by atoms with Gasteiger partial charge in [0.25, 0.3) is 0 Å². The first kappa shape index (κ1) is 14.0. The number of rotatable bonds is 4. The molecule has 1 aliphatic rings. The van der Waals surface area contributed by atoms with Gasteiger partial charge in [0.2, 0.25) is 0 Å². The van der Waals surface area contributed by atoms with Crippen molar-refractivity contribution in [3.8, 4) is 0 Å². The van der Waals surface area contributed by atoms with Crippen LogP contribution < -0.4 is 5.32 Å². The lowest BCUT2D eigenvalue weighted by Gasteiger charge is -2.29. The van der Waals surface area contributed by atoms with Crippen LogP contribution in [0.4, 0.5) is 0 Å². The Bertz CT molecular complexity index is 197. The molecule has 96 valence electrons. The monoisotopic (exact) mass is 227 g/mol. The molecule has 1 aliphatic carbocycles. The lowest BCUT2D eigenvalue weighted by molar-refractivity contribution is 0.0614. The van der Waals surface area contributed by atoms with Crippen molar-refractivity contribution in [3.63, 3.8) is 0 Å². The number of hydrogen-bond donors (Lipinski definition) is 2. The molecule has 0 radical (unpaired) electrons. The highest BCUT2D eigenvalue weighted by Gasteiger charge is 2.23. The SMILES string of the molecule is CC1CCCC(CNCC(O)C(C)(C)C)C1. The van der Waals surface area contributed by atoms with Crippen molar-refractivity contribution in [3.05, 3.63) is 0 Å². The number of nitrogens with one attached hydrogen (secondary N) is 1. The van der Waals surface area contributed by atoms with Crippen molar-refractivity contribution in [2.45, 2.75) is 59.5 Å². The molecule has 1 fully saturated rings. The Balaban J connectivity index is 2.15. The topological polar surface area (TPSA) is 32.3 Å². The third kappa shape index (κ3) is 4.84. The second kappa shape index (κ2) is 6.02. The summed E-state index contributed by atoms with van der Waals surface area (Å²) in [5.41, 5.74) is -0.00709. The largest absolute Gasteiger partial charge is 0.391 e. The van der Waals surface area contributed by atoms with Gasteiger partial charge in [-0.3, -0.25) is 0 Å². The van der Waals surface area contributed by atoms with Crippen molar-refractivity contribution in [1.82, 2.24) is 5.32 Å². The predicted molar refractivity (Wildman–Crippen MR) is 69.5 cm³/mol. The molecule has 3 unspecified atom stereocenters. The lowest BCUT2D eigenvalue weighted by atomic mass is 9.82. The van der Waals surface area contributed by atoms with Gasteiger partial charge in [0.1, 0.15) is 0 Å². The van der Waals surface area contributed by atoms with Gasteiger partial charge in [-0.05, 0) is 36.6 Å². The van der Waals surface area contributed by atoms with Gasteiger partial charge in [0.05, 0.1) is 6.10 Å². The highest BCUT2D eigenvalue weighted by molar-refractivity contribution is 4.77. The molecule has 0 bridgehead atoms.